The first-order chi connectivity index (χ1) is 7.66. The summed E-state index contributed by atoms with van der Waals surface area (Å²) in [5, 5.41) is 3.70. The number of morpholine rings is 1. The van der Waals surface area contributed by atoms with Crippen molar-refractivity contribution in [3.63, 3.8) is 0 Å². The molecule has 1 aliphatic carbocycles. The largest absolute Gasteiger partial charge is 0.374 e. The minimum Gasteiger partial charge on any atom is -0.374 e. The summed E-state index contributed by atoms with van der Waals surface area (Å²) in [5.41, 5.74) is 0. The number of nitrogens with zero attached hydrogens (tertiary/aromatic N) is 1. The van der Waals surface area contributed by atoms with Crippen molar-refractivity contribution < 1.29 is 4.74 Å². The van der Waals surface area contributed by atoms with E-state index in [-0.39, 0.29) is 0 Å². The zero-order valence-corrected chi connectivity index (χ0v) is 10.9. The van der Waals surface area contributed by atoms with E-state index < -0.39 is 0 Å². The van der Waals surface area contributed by atoms with E-state index in [9.17, 15) is 0 Å². The first-order valence-corrected chi connectivity index (χ1v) is 6.70. The molecule has 2 fully saturated rings. The van der Waals surface area contributed by atoms with Crippen LogP contribution in [0.1, 0.15) is 26.7 Å². The van der Waals surface area contributed by atoms with Gasteiger partial charge in [-0.25, -0.2) is 0 Å². The van der Waals surface area contributed by atoms with Crippen molar-refractivity contribution in [2.45, 2.75) is 38.8 Å². The van der Waals surface area contributed by atoms with Gasteiger partial charge in [-0.3, -0.25) is 0 Å². The summed E-state index contributed by atoms with van der Waals surface area (Å²) < 4.78 is 5.77. The molecule has 4 unspecified atom stereocenters. The third kappa shape index (κ3) is 2.96. The zero-order chi connectivity index (χ0) is 11.5. The maximum atomic E-state index is 5.77. The summed E-state index contributed by atoms with van der Waals surface area (Å²) in [5.74, 6) is 1.70. The predicted molar refractivity (Wildman–Crippen MR) is 66.6 cm³/mol. The van der Waals surface area contributed by atoms with Crippen LogP contribution in [0, 0.1) is 11.8 Å². The van der Waals surface area contributed by atoms with Gasteiger partial charge in [0.2, 0.25) is 0 Å². The van der Waals surface area contributed by atoms with Crippen molar-refractivity contribution in [1.29, 1.82) is 0 Å². The topological polar surface area (TPSA) is 24.5 Å². The minimum absolute atomic E-state index is 0.391. The van der Waals surface area contributed by atoms with Crippen LogP contribution in [-0.4, -0.2) is 50.3 Å². The number of likely N-dealkylation sites (N-methyl/N-ethyl adjacent to an activating group) is 1. The molecule has 3 nitrogen and oxygen atoms in total. The smallest absolute Gasteiger partial charge is 0.0826 e. The Morgan fingerprint density at radius 1 is 1.31 bits per heavy atom. The molecule has 4 atom stereocenters. The summed E-state index contributed by atoms with van der Waals surface area (Å²) in [7, 11) is 2.18. The monoisotopic (exact) mass is 226 g/mol. The van der Waals surface area contributed by atoms with Gasteiger partial charge in [-0.1, -0.05) is 13.8 Å². The van der Waals surface area contributed by atoms with Crippen LogP contribution in [0.15, 0.2) is 0 Å². The van der Waals surface area contributed by atoms with Crippen LogP contribution >= 0.6 is 0 Å². The molecule has 1 saturated heterocycles. The molecule has 0 radical (unpaired) electrons. The molecule has 0 aromatic carbocycles. The van der Waals surface area contributed by atoms with Gasteiger partial charge in [-0.2, -0.15) is 0 Å². The maximum absolute atomic E-state index is 5.77. The van der Waals surface area contributed by atoms with Crippen LogP contribution in [-0.2, 0) is 4.74 Å². The Morgan fingerprint density at radius 2 is 2.12 bits per heavy atom. The van der Waals surface area contributed by atoms with Gasteiger partial charge >= 0.3 is 0 Å². The molecule has 1 saturated carbocycles. The van der Waals surface area contributed by atoms with E-state index in [4.69, 9.17) is 4.74 Å². The second-order valence-electron chi connectivity index (χ2n) is 5.68. The molecule has 2 rings (SSSR count). The Kier molecular flexibility index (Phi) is 4.22. The fraction of sp³-hybridized carbons (Fsp3) is 1.00. The van der Waals surface area contributed by atoms with Crippen LogP contribution in [0.2, 0.25) is 0 Å². The lowest BCUT2D eigenvalue weighted by atomic mass is 9.98. The first kappa shape index (κ1) is 12.3. The average molecular weight is 226 g/mol. The van der Waals surface area contributed by atoms with Crippen LogP contribution in [0.25, 0.3) is 0 Å². The third-order valence-corrected chi connectivity index (χ3v) is 4.41. The Balaban J connectivity index is 1.71. The number of ether oxygens (including phenoxy) is 1. The molecule has 0 aromatic heterocycles. The molecule has 2 aliphatic rings. The van der Waals surface area contributed by atoms with Gasteiger partial charge in [0.15, 0.2) is 0 Å². The van der Waals surface area contributed by atoms with Crippen molar-refractivity contribution in [3.05, 3.63) is 0 Å². The molecule has 0 bridgehead atoms. The van der Waals surface area contributed by atoms with Crippen molar-refractivity contribution in [2.75, 3.05) is 33.3 Å². The minimum atomic E-state index is 0.391. The SMILES string of the molecule is CC1CCC(NCC2CN(C)CCO2)C1C. The van der Waals surface area contributed by atoms with Crippen molar-refractivity contribution >= 4 is 0 Å². The van der Waals surface area contributed by atoms with E-state index in [1.165, 1.54) is 12.8 Å². The number of nitrogens with one attached hydrogen (secondary N) is 1. The third-order valence-electron chi connectivity index (χ3n) is 4.41. The van der Waals surface area contributed by atoms with Crippen molar-refractivity contribution in [1.82, 2.24) is 10.2 Å². The van der Waals surface area contributed by atoms with Crippen molar-refractivity contribution in [2.24, 2.45) is 11.8 Å². The summed E-state index contributed by atoms with van der Waals surface area (Å²) in [6.45, 7) is 8.81. The highest BCUT2D eigenvalue weighted by Crippen LogP contribution is 2.30. The zero-order valence-electron chi connectivity index (χ0n) is 10.9. The number of hydrogen-bond donors (Lipinski definition) is 1. The van der Waals surface area contributed by atoms with E-state index in [1.807, 2.05) is 0 Å². The molecule has 1 aliphatic heterocycles. The van der Waals surface area contributed by atoms with E-state index in [0.29, 0.717) is 12.1 Å². The lowest BCUT2D eigenvalue weighted by Gasteiger charge is -2.31. The fourth-order valence-corrected chi connectivity index (χ4v) is 2.93. The summed E-state index contributed by atoms with van der Waals surface area (Å²) in [6, 6.07) is 0.714. The Bertz CT molecular complexity index is 222. The van der Waals surface area contributed by atoms with E-state index >= 15 is 0 Å². The highest BCUT2D eigenvalue weighted by atomic mass is 16.5. The lowest BCUT2D eigenvalue weighted by molar-refractivity contribution is -0.0197. The highest BCUT2D eigenvalue weighted by Gasteiger charge is 2.30. The van der Waals surface area contributed by atoms with Gasteiger partial charge in [0, 0.05) is 25.7 Å². The van der Waals surface area contributed by atoms with E-state index in [1.54, 1.807) is 0 Å². The molecule has 0 spiro atoms. The molecule has 0 amide bonds. The summed E-state index contributed by atoms with van der Waals surface area (Å²) in [6.07, 6.45) is 3.11. The molecular weight excluding hydrogens is 200 g/mol. The maximum Gasteiger partial charge on any atom is 0.0826 e. The molecule has 94 valence electrons. The van der Waals surface area contributed by atoms with Gasteiger partial charge in [-0.05, 0) is 31.7 Å². The molecule has 0 aromatic rings. The van der Waals surface area contributed by atoms with Crippen LogP contribution in [0.5, 0.6) is 0 Å². The van der Waals surface area contributed by atoms with Gasteiger partial charge in [0.25, 0.3) is 0 Å². The summed E-state index contributed by atoms with van der Waals surface area (Å²) >= 11 is 0. The molecule has 16 heavy (non-hydrogen) atoms. The number of hydrogen-bond acceptors (Lipinski definition) is 3. The predicted octanol–water partition coefficient (Wildman–Crippen LogP) is 1.34. The van der Waals surface area contributed by atoms with Crippen molar-refractivity contribution in [3.8, 4) is 0 Å². The van der Waals surface area contributed by atoms with Gasteiger partial charge in [-0.15, -0.1) is 0 Å². The first-order valence-electron chi connectivity index (χ1n) is 6.70. The normalized spacial score (nSPS) is 41.4. The van der Waals surface area contributed by atoms with Crippen LogP contribution in [0.4, 0.5) is 0 Å². The Hall–Kier alpha value is -0.120. The highest BCUT2D eigenvalue weighted by molar-refractivity contribution is 4.86. The van der Waals surface area contributed by atoms with Gasteiger partial charge in [0.05, 0.1) is 12.7 Å². The van der Waals surface area contributed by atoms with E-state index in [0.717, 1.165) is 38.1 Å². The lowest BCUT2D eigenvalue weighted by Crippen LogP contribution is -2.47. The van der Waals surface area contributed by atoms with Crippen LogP contribution < -0.4 is 5.32 Å². The second-order valence-corrected chi connectivity index (χ2v) is 5.68. The second kappa shape index (κ2) is 5.48. The quantitative estimate of drug-likeness (QED) is 0.786. The Labute approximate surface area is 99.5 Å². The van der Waals surface area contributed by atoms with Crippen LogP contribution in [0.3, 0.4) is 0 Å². The molecular formula is C13H26N2O. The standard InChI is InChI=1S/C13H26N2O/c1-10-4-5-13(11(10)2)14-8-12-9-15(3)6-7-16-12/h10-14H,4-9H2,1-3H3. The summed E-state index contributed by atoms with van der Waals surface area (Å²) in [4.78, 5) is 2.36. The molecule has 1 heterocycles. The molecule has 3 heteroatoms. The number of rotatable bonds is 3. The fourth-order valence-electron chi connectivity index (χ4n) is 2.93. The Morgan fingerprint density at radius 3 is 2.75 bits per heavy atom. The average Bonchev–Trinajstić information content (AvgIpc) is 2.57. The van der Waals surface area contributed by atoms with Gasteiger partial charge < -0.3 is 15.0 Å². The molecule has 1 N–H and O–H groups in total. The van der Waals surface area contributed by atoms with E-state index in [2.05, 4.69) is 31.1 Å². The van der Waals surface area contributed by atoms with Gasteiger partial charge in [0.1, 0.15) is 0 Å².